The van der Waals surface area contributed by atoms with Crippen molar-refractivity contribution in [3.05, 3.63) is 12.3 Å². The third kappa shape index (κ3) is 3.85. The van der Waals surface area contributed by atoms with Gasteiger partial charge in [-0.05, 0) is 6.42 Å². The number of hydrogen-bond donors (Lipinski definition) is 0. The molecule has 0 aliphatic rings. The summed E-state index contributed by atoms with van der Waals surface area (Å²) < 4.78 is 5.08. The Balaban J connectivity index is 2.73. The van der Waals surface area contributed by atoms with E-state index >= 15 is 0 Å². The minimum Gasteiger partial charge on any atom is -0.481 e. The van der Waals surface area contributed by atoms with Crippen LogP contribution in [0.3, 0.4) is 0 Å². The first-order valence-electron chi connectivity index (χ1n) is 5.49. The summed E-state index contributed by atoms with van der Waals surface area (Å²) in [5.41, 5.74) is 0. The lowest BCUT2D eigenvalue weighted by Gasteiger charge is -2.21. The van der Waals surface area contributed by atoms with Crippen LogP contribution >= 0.6 is 11.6 Å². The van der Waals surface area contributed by atoms with Crippen LogP contribution in [-0.4, -0.2) is 36.0 Å². The molecule has 0 bridgehead atoms. The number of ether oxygens (including phenoxy) is 1. The molecule has 1 aromatic heterocycles. The Morgan fingerprint density at radius 1 is 1.44 bits per heavy atom. The van der Waals surface area contributed by atoms with Crippen LogP contribution < -0.4 is 9.64 Å². The number of rotatable bonds is 7. The van der Waals surface area contributed by atoms with Crippen LogP contribution in [0.15, 0.2) is 12.3 Å². The standard InChI is InChI=1S/C11H18ClN3O/c1-3-4-8-15(9-6-12)11-13-7-5-10(14-11)16-2/h5,7H,3-4,6,8-9H2,1-2H3. The van der Waals surface area contributed by atoms with E-state index in [1.165, 1.54) is 0 Å². The normalized spacial score (nSPS) is 10.2. The number of methoxy groups -OCH3 is 1. The highest BCUT2D eigenvalue weighted by molar-refractivity contribution is 6.18. The van der Waals surface area contributed by atoms with Crippen molar-refractivity contribution in [3.63, 3.8) is 0 Å². The van der Waals surface area contributed by atoms with E-state index in [2.05, 4.69) is 21.8 Å². The molecule has 1 heterocycles. The zero-order chi connectivity index (χ0) is 11.8. The fourth-order valence-electron chi connectivity index (χ4n) is 1.36. The molecule has 1 rings (SSSR count). The third-order valence-electron chi connectivity index (χ3n) is 2.25. The molecule has 0 amide bonds. The zero-order valence-corrected chi connectivity index (χ0v) is 10.6. The highest BCUT2D eigenvalue weighted by atomic mass is 35.5. The van der Waals surface area contributed by atoms with Crippen molar-refractivity contribution < 1.29 is 4.74 Å². The van der Waals surface area contributed by atoms with Crippen LogP contribution in [-0.2, 0) is 0 Å². The summed E-state index contributed by atoms with van der Waals surface area (Å²) in [6, 6.07) is 1.74. The smallest absolute Gasteiger partial charge is 0.228 e. The maximum absolute atomic E-state index is 5.77. The fourth-order valence-corrected chi connectivity index (χ4v) is 1.57. The second kappa shape index (κ2) is 7.28. The predicted octanol–water partition coefficient (Wildman–Crippen LogP) is 2.33. The molecule has 0 spiro atoms. The highest BCUT2D eigenvalue weighted by Gasteiger charge is 2.09. The van der Waals surface area contributed by atoms with Gasteiger partial charge in [-0.3, -0.25) is 0 Å². The second-order valence-electron chi connectivity index (χ2n) is 3.43. The van der Waals surface area contributed by atoms with Gasteiger partial charge in [0.05, 0.1) is 7.11 Å². The number of aromatic nitrogens is 2. The van der Waals surface area contributed by atoms with Gasteiger partial charge < -0.3 is 9.64 Å². The van der Waals surface area contributed by atoms with Crippen molar-refractivity contribution in [3.8, 4) is 5.88 Å². The monoisotopic (exact) mass is 243 g/mol. The van der Waals surface area contributed by atoms with Crippen LogP contribution in [0.4, 0.5) is 5.95 Å². The Morgan fingerprint density at radius 2 is 2.25 bits per heavy atom. The SMILES string of the molecule is CCCCN(CCCl)c1nccc(OC)n1. The summed E-state index contributed by atoms with van der Waals surface area (Å²) >= 11 is 5.77. The van der Waals surface area contributed by atoms with Gasteiger partial charge in [0, 0.05) is 31.2 Å². The minimum absolute atomic E-state index is 0.574. The van der Waals surface area contributed by atoms with E-state index in [4.69, 9.17) is 16.3 Å². The summed E-state index contributed by atoms with van der Waals surface area (Å²) in [5.74, 6) is 1.85. The molecule has 0 saturated heterocycles. The Labute approximate surface area is 102 Å². The van der Waals surface area contributed by atoms with Gasteiger partial charge >= 0.3 is 0 Å². The van der Waals surface area contributed by atoms with Gasteiger partial charge in [0.15, 0.2) is 0 Å². The van der Waals surface area contributed by atoms with Crippen molar-refractivity contribution in [2.24, 2.45) is 0 Å². The van der Waals surface area contributed by atoms with E-state index in [1.807, 2.05) is 0 Å². The van der Waals surface area contributed by atoms with E-state index in [-0.39, 0.29) is 0 Å². The van der Waals surface area contributed by atoms with Gasteiger partial charge in [-0.1, -0.05) is 13.3 Å². The lowest BCUT2D eigenvalue weighted by Crippen LogP contribution is -2.28. The predicted molar refractivity (Wildman–Crippen MR) is 66.4 cm³/mol. The number of halogens is 1. The lowest BCUT2D eigenvalue weighted by atomic mass is 10.3. The van der Waals surface area contributed by atoms with Crippen LogP contribution in [0.1, 0.15) is 19.8 Å². The molecular weight excluding hydrogens is 226 g/mol. The first-order chi connectivity index (χ1) is 7.81. The molecular formula is C11H18ClN3O. The van der Waals surface area contributed by atoms with Crippen molar-refractivity contribution >= 4 is 17.5 Å². The Hall–Kier alpha value is -1.03. The number of alkyl halides is 1. The van der Waals surface area contributed by atoms with Crippen molar-refractivity contribution in [2.75, 3.05) is 31.0 Å². The third-order valence-corrected chi connectivity index (χ3v) is 2.41. The van der Waals surface area contributed by atoms with Gasteiger partial charge in [-0.15, -0.1) is 11.6 Å². The first kappa shape index (κ1) is 13.0. The quantitative estimate of drug-likeness (QED) is 0.689. The van der Waals surface area contributed by atoms with Crippen molar-refractivity contribution in [1.29, 1.82) is 0 Å². The second-order valence-corrected chi connectivity index (χ2v) is 3.81. The van der Waals surface area contributed by atoms with Crippen LogP contribution in [0.25, 0.3) is 0 Å². The van der Waals surface area contributed by atoms with Gasteiger partial charge in [0.2, 0.25) is 11.8 Å². The van der Waals surface area contributed by atoms with Gasteiger partial charge in [0.25, 0.3) is 0 Å². The summed E-state index contributed by atoms with van der Waals surface area (Å²) in [5, 5.41) is 0. The maximum atomic E-state index is 5.77. The van der Waals surface area contributed by atoms with Gasteiger partial charge in [-0.2, -0.15) is 4.98 Å². The molecule has 0 atom stereocenters. The number of unbranched alkanes of at least 4 members (excludes halogenated alkanes) is 1. The van der Waals surface area contributed by atoms with Crippen LogP contribution in [0, 0.1) is 0 Å². The Kier molecular flexibility index (Phi) is 5.93. The van der Waals surface area contributed by atoms with E-state index in [0.29, 0.717) is 17.7 Å². The van der Waals surface area contributed by atoms with Gasteiger partial charge in [-0.25, -0.2) is 4.98 Å². The summed E-state index contributed by atoms with van der Waals surface area (Å²) in [6.45, 7) is 3.84. The van der Waals surface area contributed by atoms with Crippen molar-refractivity contribution in [1.82, 2.24) is 9.97 Å². The van der Waals surface area contributed by atoms with E-state index in [0.717, 1.165) is 25.9 Å². The molecule has 0 fully saturated rings. The number of hydrogen-bond acceptors (Lipinski definition) is 4. The molecule has 1 aromatic rings. The van der Waals surface area contributed by atoms with Crippen LogP contribution in [0.5, 0.6) is 5.88 Å². The molecule has 0 N–H and O–H groups in total. The van der Waals surface area contributed by atoms with E-state index < -0.39 is 0 Å². The Bertz CT molecular complexity index is 309. The first-order valence-corrected chi connectivity index (χ1v) is 6.03. The summed E-state index contributed by atoms with van der Waals surface area (Å²) in [6.07, 6.45) is 3.95. The molecule has 0 aromatic carbocycles. The maximum Gasteiger partial charge on any atom is 0.228 e. The number of anilines is 1. The summed E-state index contributed by atoms with van der Waals surface area (Å²) in [7, 11) is 1.60. The fraction of sp³-hybridized carbons (Fsp3) is 0.636. The van der Waals surface area contributed by atoms with Gasteiger partial charge in [0.1, 0.15) is 0 Å². The lowest BCUT2D eigenvalue weighted by molar-refractivity contribution is 0.396. The van der Waals surface area contributed by atoms with E-state index in [1.54, 1.807) is 19.4 Å². The molecule has 0 radical (unpaired) electrons. The molecule has 5 heteroatoms. The molecule has 0 aliphatic heterocycles. The zero-order valence-electron chi connectivity index (χ0n) is 9.82. The molecule has 0 aliphatic carbocycles. The Morgan fingerprint density at radius 3 is 2.88 bits per heavy atom. The van der Waals surface area contributed by atoms with Crippen molar-refractivity contribution in [2.45, 2.75) is 19.8 Å². The molecule has 0 unspecified atom stereocenters. The minimum atomic E-state index is 0.574. The average Bonchev–Trinajstić information content (AvgIpc) is 2.34. The largest absolute Gasteiger partial charge is 0.481 e. The number of nitrogens with zero attached hydrogens (tertiary/aromatic N) is 3. The molecule has 16 heavy (non-hydrogen) atoms. The topological polar surface area (TPSA) is 38.2 Å². The summed E-state index contributed by atoms with van der Waals surface area (Å²) in [4.78, 5) is 10.6. The molecule has 0 saturated carbocycles. The highest BCUT2D eigenvalue weighted by Crippen LogP contribution is 2.12. The van der Waals surface area contributed by atoms with E-state index in [9.17, 15) is 0 Å². The van der Waals surface area contributed by atoms with Crippen LogP contribution in [0.2, 0.25) is 0 Å². The molecule has 90 valence electrons. The average molecular weight is 244 g/mol. The molecule has 4 nitrogen and oxygen atoms in total.